The van der Waals surface area contributed by atoms with Gasteiger partial charge in [0, 0.05) is 37.5 Å². The minimum Gasteiger partial charge on any atom is -0.494 e. The van der Waals surface area contributed by atoms with Crippen LogP contribution in [0.1, 0.15) is 88.7 Å². The smallest absolute Gasteiger partial charge is 0.303 e. The Morgan fingerprint density at radius 1 is 1.00 bits per heavy atom. The van der Waals surface area contributed by atoms with E-state index >= 15 is 0 Å². The van der Waals surface area contributed by atoms with Crippen molar-refractivity contribution in [1.29, 1.82) is 0 Å². The zero-order valence-electron chi connectivity index (χ0n) is 23.9. The molecule has 8 heteroatoms. The maximum Gasteiger partial charge on any atom is 0.303 e. The maximum absolute atomic E-state index is 13.9. The Kier molecular flexibility index (Phi) is 10.8. The van der Waals surface area contributed by atoms with Crippen LogP contribution in [-0.4, -0.2) is 57.2 Å². The fourth-order valence-corrected chi connectivity index (χ4v) is 7.92. The van der Waals surface area contributed by atoms with Gasteiger partial charge in [0.25, 0.3) is 0 Å². The topological polar surface area (TPSA) is 104 Å². The first-order valence-electron chi connectivity index (χ1n) is 14.2. The molecule has 2 atom stereocenters. The molecule has 39 heavy (non-hydrogen) atoms. The average Bonchev–Trinajstić information content (AvgIpc) is 2.97. The van der Waals surface area contributed by atoms with Gasteiger partial charge in [0.05, 0.1) is 23.4 Å². The number of sulfone groups is 1. The molecule has 2 aromatic rings. The molecule has 0 radical (unpaired) electrons. The number of carboxylic acid groups (broad SMARTS) is 1. The molecule has 0 spiro atoms. The van der Waals surface area contributed by atoms with Crippen LogP contribution in [0.4, 0.5) is 5.69 Å². The van der Waals surface area contributed by atoms with Gasteiger partial charge in [-0.3, -0.25) is 4.79 Å². The minimum atomic E-state index is -3.64. The maximum atomic E-state index is 13.9. The SMILES string of the molecule is CCCCC1(CCCC)CS(=O)(=O)c2ccc(N(C)C)cc2C(c2ccc(OCCCCC(=O)O)cc2)C1O. The van der Waals surface area contributed by atoms with E-state index in [0.717, 1.165) is 36.9 Å². The van der Waals surface area contributed by atoms with Gasteiger partial charge < -0.3 is 19.8 Å². The Bertz CT molecular complexity index is 1180. The van der Waals surface area contributed by atoms with Crippen LogP contribution in [0.2, 0.25) is 0 Å². The Labute approximate surface area is 234 Å². The van der Waals surface area contributed by atoms with Crippen molar-refractivity contribution < 1.29 is 28.2 Å². The third kappa shape index (κ3) is 7.54. The van der Waals surface area contributed by atoms with Gasteiger partial charge in [0.15, 0.2) is 9.84 Å². The van der Waals surface area contributed by atoms with Crippen molar-refractivity contribution in [3.05, 3.63) is 53.6 Å². The van der Waals surface area contributed by atoms with E-state index in [0.29, 0.717) is 48.5 Å². The van der Waals surface area contributed by atoms with Crippen LogP contribution < -0.4 is 9.64 Å². The molecule has 2 N–H and O–H groups in total. The summed E-state index contributed by atoms with van der Waals surface area (Å²) in [5, 5.41) is 21.0. The molecule has 0 aliphatic carbocycles. The summed E-state index contributed by atoms with van der Waals surface area (Å²) in [5.74, 6) is -0.704. The molecular weight excluding hydrogens is 514 g/mol. The van der Waals surface area contributed by atoms with Crippen molar-refractivity contribution in [2.75, 3.05) is 31.4 Å². The number of aliphatic hydroxyl groups excluding tert-OH is 1. The lowest BCUT2D eigenvalue weighted by Gasteiger charge is -2.40. The number of nitrogens with zero attached hydrogens (tertiary/aromatic N) is 1. The summed E-state index contributed by atoms with van der Waals surface area (Å²) >= 11 is 0. The molecule has 2 unspecified atom stereocenters. The molecule has 0 saturated carbocycles. The molecule has 0 amide bonds. The largest absolute Gasteiger partial charge is 0.494 e. The fourth-order valence-electron chi connectivity index (χ4n) is 5.73. The molecule has 1 heterocycles. The average molecular weight is 560 g/mol. The number of anilines is 1. The summed E-state index contributed by atoms with van der Waals surface area (Å²) in [5.41, 5.74) is 1.64. The summed E-state index contributed by atoms with van der Waals surface area (Å²) in [6.07, 6.45) is 5.35. The molecule has 0 fully saturated rings. The fraction of sp³-hybridized carbons (Fsp3) is 0.581. The molecule has 0 aromatic heterocycles. The Balaban J connectivity index is 2.06. The molecule has 0 bridgehead atoms. The van der Waals surface area contributed by atoms with Crippen LogP contribution in [-0.2, 0) is 14.6 Å². The number of fused-ring (bicyclic) bond motifs is 1. The highest BCUT2D eigenvalue weighted by Gasteiger charge is 2.49. The predicted octanol–water partition coefficient (Wildman–Crippen LogP) is 6.03. The van der Waals surface area contributed by atoms with E-state index in [1.807, 2.05) is 55.4 Å². The van der Waals surface area contributed by atoms with Crippen molar-refractivity contribution in [1.82, 2.24) is 0 Å². The van der Waals surface area contributed by atoms with Crippen LogP contribution in [0.25, 0.3) is 0 Å². The van der Waals surface area contributed by atoms with Crippen LogP contribution in [0.3, 0.4) is 0 Å². The van der Waals surface area contributed by atoms with Crippen molar-refractivity contribution in [3.63, 3.8) is 0 Å². The van der Waals surface area contributed by atoms with Gasteiger partial charge in [0.1, 0.15) is 5.75 Å². The lowest BCUT2D eigenvalue weighted by Crippen LogP contribution is -2.43. The number of rotatable bonds is 14. The summed E-state index contributed by atoms with van der Waals surface area (Å²) < 4.78 is 33.7. The number of benzene rings is 2. The summed E-state index contributed by atoms with van der Waals surface area (Å²) in [4.78, 5) is 13.0. The number of ether oxygens (including phenoxy) is 1. The Hall–Kier alpha value is -2.58. The van der Waals surface area contributed by atoms with E-state index in [2.05, 4.69) is 13.8 Å². The summed E-state index contributed by atoms with van der Waals surface area (Å²) in [6, 6.07) is 13.0. The van der Waals surface area contributed by atoms with Crippen LogP contribution in [0.15, 0.2) is 47.4 Å². The second-order valence-electron chi connectivity index (χ2n) is 11.1. The highest BCUT2D eigenvalue weighted by Crippen LogP contribution is 2.50. The van der Waals surface area contributed by atoms with E-state index in [1.54, 1.807) is 6.07 Å². The highest BCUT2D eigenvalue weighted by atomic mass is 32.2. The van der Waals surface area contributed by atoms with Crippen LogP contribution >= 0.6 is 0 Å². The van der Waals surface area contributed by atoms with Crippen molar-refractivity contribution in [2.45, 2.75) is 88.6 Å². The zero-order valence-corrected chi connectivity index (χ0v) is 24.7. The number of carboxylic acids is 1. The van der Waals surface area contributed by atoms with Gasteiger partial charge in [-0.15, -0.1) is 0 Å². The monoisotopic (exact) mass is 559 g/mol. The highest BCUT2D eigenvalue weighted by molar-refractivity contribution is 7.91. The van der Waals surface area contributed by atoms with Crippen LogP contribution in [0, 0.1) is 5.41 Å². The van der Waals surface area contributed by atoms with E-state index in [9.17, 15) is 18.3 Å². The number of hydrogen-bond acceptors (Lipinski definition) is 6. The molecule has 1 aliphatic rings. The quantitative estimate of drug-likeness (QED) is 0.272. The normalized spacial score (nSPS) is 19.6. The van der Waals surface area contributed by atoms with Crippen molar-refractivity contribution in [2.24, 2.45) is 5.41 Å². The molecular formula is C31H45NO6S. The first kappa shape index (κ1) is 31.0. The minimum absolute atomic E-state index is 0.0521. The van der Waals surface area contributed by atoms with Crippen molar-refractivity contribution in [3.8, 4) is 5.75 Å². The molecule has 7 nitrogen and oxygen atoms in total. The molecule has 216 valence electrons. The lowest BCUT2D eigenvalue weighted by molar-refractivity contribution is -0.137. The third-order valence-corrected chi connectivity index (χ3v) is 9.95. The standard InChI is InChI=1S/C31H45NO6S/c1-5-7-18-31(19-8-6-2)22-39(36,37)27-17-14-24(32(3)4)21-26(27)29(30(31)35)23-12-15-25(16-13-23)38-20-10-9-11-28(33)34/h12-17,21,29-30,35H,5-11,18-20,22H2,1-4H3,(H,33,34). The van der Waals surface area contributed by atoms with Gasteiger partial charge in [0.2, 0.25) is 0 Å². The summed E-state index contributed by atoms with van der Waals surface area (Å²) in [7, 11) is 0.209. The predicted molar refractivity (Wildman–Crippen MR) is 156 cm³/mol. The van der Waals surface area contributed by atoms with E-state index in [-0.39, 0.29) is 12.2 Å². The number of carbonyl (C=O) groups is 1. The first-order valence-corrected chi connectivity index (χ1v) is 15.9. The number of aliphatic carboxylic acids is 1. The van der Waals surface area contributed by atoms with E-state index < -0.39 is 33.2 Å². The van der Waals surface area contributed by atoms with E-state index in [1.165, 1.54) is 0 Å². The van der Waals surface area contributed by atoms with E-state index in [4.69, 9.17) is 9.84 Å². The number of hydrogen-bond donors (Lipinski definition) is 2. The molecule has 2 aromatic carbocycles. The molecule has 0 saturated heterocycles. The number of unbranched alkanes of at least 4 members (excludes halogenated alkanes) is 3. The molecule has 3 rings (SSSR count). The van der Waals surface area contributed by atoms with Gasteiger partial charge in [-0.2, -0.15) is 0 Å². The molecule has 1 aliphatic heterocycles. The van der Waals surface area contributed by atoms with Crippen LogP contribution in [0.5, 0.6) is 5.75 Å². The second kappa shape index (κ2) is 13.7. The van der Waals surface area contributed by atoms with Gasteiger partial charge in [-0.05, 0) is 67.1 Å². The van der Waals surface area contributed by atoms with Crippen molar-refractivity contribution >= 4 is 21.5 Å². The van der Waals surface area contributed by atoms with Gasteiger partial charge in [-0.25, -0.2) is 8.42 Å². The van der Waals surface area contributed by atoms with Gasteiger partial charge >= 0.3 is 5.97 Å². The second-order valence-corrected chi connectivity index (χ2v) is 13.1. The summed E-state index contributed by atoms with van der Waals surface area (Å²) in [6.45, 7) is 4.62. The lowest BCUT2D eigenvalue weighted by atomic mass is 9.68. The Morgan fingerprint density at radius 2 is 1.64 bits per heavy atom. The number of aliphatic hydroxyl groups is 1. The zero-order chi connectivity index (χ0) is 28.6. The Morgan fingerprint density at radius 3 is 2.21 bits per heavy atom. The third-order valence-electron chi connectivity index (χ3n) is 7.95. The first-order chi connectivity index (χ1) is 18.5. The van der Waals surface area contributed by atoms with Gasteiger partial charge in [-0.1, -0.05) is 51.7 Å².